The van der Waals surface area contributed by atoms with Gasteiger partial charge < -0.3 is 9.84 Å². The minimum absolute atomic E-state index is 0.283. The Kier molecular flexibility index (Phi) is 5.53. The van der Waals surface area contributed by atoms with Crippen molar-refractivity contribution in [1.29, 1.82) is 0 Å². The van der Waals surface area contributed by atoms with E-state index in [4.69, 9.17) is 9.84 Å². The average molecular weight is 203 g/mol. The van der Waals surface area contributed by atoms with Gasteiger partial charge in [-0.15, -0.1) is 0 Å². The molecule has 0 saturated carbocycles. The summed E-state index contributed by atoms with van der Waals surface area (Å²) in [4.78, 5) is 12.7. The predicted molar refractivity (Wildman–Crippen MR) is 54.9 cm³/mol. The molecule has 0 aliphatic rings. The summed E-state index contributed by atoms with van der Waals surface area (Å²) in [6.45, 7) is 7.71. The zero-order valence-corrected chi connectivity index (χ0v) is 9.54. The van der Waals surface area contributed by atoms with Gasteiger partial charge in [-0.1, -0.05) is 13.3 Å². The molecule has 0 aromatic rings. The molecule has 0 aromatic heterocycles. The van der Waals surface area contributed by atoms with E-state index in [0.29, 0.717) is 6.54 Å². The zero-order chi connectivity index (χ0) is 11.2. The first-order valence-corrected chi connectivity index (χ1v) is 4.99. The highest BCUT2D eigenvalue weighted by Crippen LogP contribution is 2.09. The van der Waals surface area contributed by atoms with Gasteiger partial charge in [0.2, 0.25) is 0 Å². The number of rotatable bonds is 4. The molecule has 0 aliphatic carbocycles. The van der Waals surface area contributed by atoms with Crippen LogP contribution in [0.3, 0.4) is 0 Å². The Morgan fingerprint density at radius 1 is 1.43 bits per heavy atom. The van der Waals surface area contributed by atoms with Gasteiger partial charge in [0, 0.05) is 6.54 Å². The highest BCUT2D eigenvalue weighted by molar-refractivity contribution is 5.67. The molecule has 0 saturated heterocycles. The molecule has 14 heavy (non-hydrogen) atoms. The number of unbranched alkanes of at least 4 members (excludes halogenated alkanes) is 1. The van der Waals surface area contributed by atoms with E-state index in [1.807, 2.05) is 6.92 Å². The van der Waals surface area contributed by atoms with Crippen molar-refractivity contribution >= 4 is 6.09 Å². The van der Waals surface area contributed by atoms with Gasteiger partial charge in [-0.2, -0.15) is 0 Å². The van der Waals surface area contributed by atoms with Gasteiger partial charge in [-0.05, 0) is 27.2 Å². The van der Waals surface area contributed by atoms with Crippen LogP contribution in [0.5, 0.6) is 0 Å². The number of aliphatic hydroxyl groups is 1. The van der Waals surface area contributed by atoms with Crippen molar-refractivity contribution in [2.45, 2.75) is 46.1 Å². The van der Waals surface area contributed by atoms with Crippen LogP contribution in [0.25, 0.3) is 0 Å². The molecular formula is C10H21NO3. The maximum Gasteiger partial charge on any atom is 0.412 e. The monoisotopic (exact) mass is 203 g/mol. The Morgan fingerprint density at radius 2 is 2.00 bits per heavy atom. The molecule has 0 aliphatic heterocycles. The lowest BCUT2D eigenvalue weighted by molar-refractivity contribution is 0.00597. The molecule has 0 spiro atoms. The van der Waals surface area contributed by atoms with Gasteiger partial charge in [0.1, 0.15) is 12.3 Å². The molecule has 0 fully saturated rings. The second-order valence-electron chi connectivity index (χ2n) is 4.24. The van der Waals surface area contributed by atoms with Gasteiger partial charge in [-0.25, -0.2) is 4.79 Å². The number of hydrogen-bond donors (Lipinski definition) is 1. The Balaban J connectivity index is 4.04. The van der Waals surface area contributed by atoms with Crippen LogP contribution in [-0.2, 0) is 4.74 Å². The number of ether oxygens (including phenoxy) is 1. The summed E-state index contributed by atoms with van der Waals surface area (Å²) < 4.78 is 5.11. The van der Waals surface area contributed by atoms with Crippen molar-refractivity contribution < 1.29 is 14.6 Å². The SMILES string of the molecule is CCCCN(CO)C(=O)OC(C)(C)C. The van der Waals surface area contributed by atoms with Crippen molar-refractivity contribution in [3.63, 3.8) is 0 Å². The highest BCUT2D eigenvalue weighted by Gasteiger charge is 2.20. The van der Waals surface area contributed by atoms with Crippen LogP contribution >= 0.6 is 0 Å². The average Bonchev–Trinajstić information content (AvgIpc) is 2.02. The number of carbonyl (C=O) groups is 1. The molecule has 0 radical (unpaired) electrons. The van der Waals surface area contributed by atoms with Gasteiger partial charge in [0.05, 0.1) is 0 Å². The number of amides is 1. The van der Waals surface area contributed by atoms with E-state index in [1.165, 1.54) is 4.90 Å². The number of carbonyl (C=O) groups excluding carboxylic acids is 1. The predicted octanol–water partition coefficient (Wildman–Crippen LogP) is 1.97. The molecule has 0 atom stereocenters. The Morgan fingerprint density at radius 3 is 2.36 bits per heavy atom. The second kappa shape index (κ2) is 5.86. The lowest BCUT2D eigenvalue weighted by Crippen LogP contribution is -2.37. The summed E-state index contributed by atoms with van der Waals surface area (Å²) >= 11 is 0. The first-order valence-electron chi connectivity index (χ1n) is 4.99. The van der Waals surface area contributed by atoms with E-state index in [0.717, 1.165) is 12.8 Å². The summed E-state index contributed by atoms with van der Waals surface area (Å²) in [5.41, 5.74) is -0.503. The second-order valence-corrected chi connectivity index (χ2v) is 4.24. The van der Waals surface area contributed by atoms with Crippen molar-refractivity contribution in [2.24, 2.45) is 0 Å². The van der Waals surface area contributed by atoms with Crippen molar-refractivity contribution in [2.75, 3.05) is 13.3 Å². The van der Waals surface area contributed by atoms with E-state index in [1.54, 1.807) is 20.8 Å². The molecule has 4 heteroatoms. The quantitative estimate of drug-likeness (QED) is 0.711. The van der Waals surface area contributed by atoms with Crippen molar-refractivity contribution in [3.05, 3.63) is 0 Å². The van der Waals surface area contributed by atoms with E-state index in [2.05, 4.69) is 0 Å². The van der Waals surface area contributed by atoms with E-state index < -0.39 is 11.7 Å². The Bertz CT molecular complexity index is 175. The highest BCUT2D eigenvalue weighted by atomic mass is 16.6. The minimum atomic E-state index is -0.503. The Labute approximate surface area is 85.9 Å². The van der Waals surface area contributed by atoms with Crippen LogP contribution < -0.4 is 0 Å². The molecule has 1 amide bonds. The van der Waals surface area contributed by atoms with Crippen LogP contribution in [0.15, 0.2) is 0 Å². The normalized spacial score (nSPS) is 11.2. The lowest BCUT2D eigenvalue weighted by atomic mass is 10.2. The fraction of sp³-hybridized carbons (Fsp3) is 0.900. The van der Waals surface area contributed by atoms with Crippen molar-refractivity contribution in [1.82, 2.24) is 4.90 Å². The van der Waals surface area contributed by atoms with Gasteiger partial charge in [0.25, 0.3) is 0 Å². The molecule has 0 heterocycles. The van der Waals surface area contributed by atoms with Crippen LogP contribution in [0, 0.1) is 0 Å². The van der Waals surface area contributed by atoms with E-state index >= 15 is 0 Å². The third kappa shape index (κ3) is 5.80. The maximum atomic E-state index is 11.4. The first-order chi connectivity index (χ1) is 6.40. The molecule has 0 aromatic carbocycles. The van der Waals surface area contributed by atoms with Gasteiger partial charge in [-0.3, -0.25) is 4.90 Å². The molecular weight excluding hydrogens is 182 g/mol. The topological polar surface area (TPSA) is 49.8 Å². The maximum absolute atomic E-state index is 11.4. The summed E-state index contributed by atoms with van der Waals surface area (Å²) in [5.74, 6) is 0. The molecule has 1 N–H and O–H groups in total. The molecule has 0 rings (SSSR count). The lowest BCUT2D eigenvalue weighted by Gasteiger charge is -2.25. The van der Waals surface area contributed by atoms with Crippen LogP contribution in [-0.4, -0.2) is 35.0 Å². The number of hydrogen-bond acceptors (Lipinski definition) is 3. The van der Waals surface area contributed by atoms with Crippen LogP contribution in [0.1, 0.15) is 40.5 Å². The fourth-order valence-electron chi connectivity index (χ4n) is 0.895. The third-order valence-corrected chi connectivity index (χ3v) is 1.60. The third-order valence-electron chi connectivity index (χ3n) is 1.60. The number of nitrogens with zero attached hydrogens (tertiary/aromatic N) is 1. The van der Waals surface area contributed by atoms with Crippen LogP contribution in [0.4, 0.5) is 4.79 Å². The summed E-state index contributed by atoms with van der Waals surface area (Å²) in [6, 6.07) is 0. The van der Waals surface area contributed by atoms with Crippen LogP contribution in [0.2, 0.25) is 0 Å². The van der Waals surface area contributed by atoms with Gasteiger partial charge in [0.15, 0.2) is 0 Å². The molecule has 0 bridgehead atoms. The minimum Gasteiger partial charge on any atom is -0.444 e. The Hall–Kier alpha value is -0.770. The fourth-order valence-corrected chi connectivity index (χ4v) is 0.895. The smallest absolute Gasteiger partial charge is 0.412 e. The summed E-state index contributed by atoms with van der Waals surface area (Å²) in [6.07, 6.45) is 1.41. The number of aliphatic hydroxyl groups excluding tert-OH is 1. The molecule has 4 nitrogen and oxygen atoms in total. The summed E-state index contributed by atoms with van der Waals surface area (Å²) in [7, 11) is 0. The largest absolute Gasteiger partial charge is 0.444 e. The molecule has 0 unspecified atom stereocenters. The standard InChI is InChI=1S/C10H21NO3/c1-5-6-7-11(8-12)9(13)14-10(2,3)4/h12H,5-8H2,1-4H3. The van der Waals surface area contributed by atoms with Gasteiger partial charge >= 0.3 is 6.09 Å². The van der Waals surface area contributed by atoms with E-state index in [9.17, 15) is 4.79 Å². The van der Waals surface area contributed by atoms with Crippen molar-refractivity contribution in [3.8, 4) is 0 Å². The first kappa shape index (κ1) is 13.2. The molecule has 84 valence electrons. The summed E-state index contributed by atoms with van der Waals surface area (Å²) in [5, 5.41) is 8.95. The van der Waals surface area contributed by atoms with E-state index in [-0.39, 0.29) is 6.73 Å². The zero-order valence-electron chi connectivity index (χ0n) is 9.54.